The minimum Gasteiger partial charge on any atom is -0.382 e. The van der Waals surface area contributed by atoms with Crippen molar-refractivity contribution in [1.82, 2.24) is 9.97 Å². The predicted octanol–water partition coefficient (Wildman–Crippen LogP) is 3.19. The largest absolute Gasteiger partial charge is 0.382 e. The summed E-state index contributed by atoms with van der Waals surface area (Å²) in [5.41, 5.74) is 5.58. The molecule has 32 heavy (non-hydrogen) atoms. The molecule has 3 rings (SSSR count). The number of aromatic nitrogens is 2. The third kappa shape index (κ3) is 5.01. The molecule has 3 aromatic rings. The molecule has 0 spiro atoms. The molecule has 0 amide bonds. The van der Waals surface area contributed by atoms with Gasteiger partial charge in [0.05, 0.1) is 11.9 Å². The van der Waals surface area contributed by atoms with E-state index in [0.29, 0.717) is 5.39 Å². The molecule has 0 atom stereocenters. The first kappa shape index (κ1) is 23.1. The number of hydrogen-bond donors (Lipinski definition) is 3. The van der Waals surface area contributed by atoms with Gasteiger partial charge in [0.1, 0.15) is 28.6 Å². The number of nitrogens with two attached hydrogens (primary N) is 2. The fraction of sp³-hybridized carbons (Fsp3) is 0.273. The summed E-state index contributed by atoms with van der Waals surface area (Å²) in [6, 6.07) is 7.20. The zero-order valence-corrected chi connectivity index (χ0v) is 17.8. The second kappa shape index (κ2) is 8.90. The van der Waals surface area contributed by atoms with Crippen molar-refractivity contribution >= 4 is 33.8 Å². The Balaban J connectivity index is 2.26. The van der Waals surface area contributed by atoms with Crippen molar-refractivity contribution in [3.05, 3.63) is 48.0 Å². The number of alkyl halides is 2. The summed E-state index contributed by atoms with van der Waals surface area (Å²) < 4.78 is 42.1. The van der Waals surface area contributed by atoms with E-state index >= 15 is 0 Å². The molecule has 0 bridgehead atoms. The van der Waals surface area contributed by atoms with Gasteiger partial charge in [0.25, 0.3) is 6.43 Å². The van der Waals surface area contributed by atoms with Crippen LogP contribution in [0.1, 0.15) is 19.5 Å². The van der Waals surface area contributed by atoms with Crippen LogP contribution in [0.4, 0.5) is 36.2 Å². The van der Waals surface area contributed by atoms with E-state index in [1.165, 1.54) is 56.4 Å². The van der Waals surface area contributed by atoms with E-state index in [-0.39, 0.29) is 34.1 Å². The summed E-state index contributed by atoms with van der Waals surface area (Å²) in [4.78, 5) is 9.49. The molecule has 0 fully saturated rings. The van der Waals surface area contributed by atoms with E-state index in [9.17, 15) is 18.3 Å². The minimum absolute atomic E-state index is 0.00409. The topological polar surface area (TPSA) is 105 Å². The van der Waals surface area contributed by atoms with Gasteiger partial charge in [-0.1, -0.05) is 18.1 Å². The second-order valence-electron chi connectivity index (χ2n) is 7.65. The van der Waals surface area contributed by atoms with Crippen LogP contribution in [0.3, 0.4) is 0 Å². The Morgan fingerprint density at radius 2 is 1.97 bits per heavy atom. The molecular weight excluding hydrogens is 421 g/mol. The van der Waals surface area contributed by atoms with Crippen LogP contribution in [0.2, 0.25) is 0 Å². The predicted molar refractivity (Wildman–Crippen MR) is 119 cm³/mol. The van der Waals surface area contributed by atoms with Crippen LogP contribution < -0.4 is 21.5 Å². The molecule has 0 aliphatic heterocycles. The van der Waals surface area contributed by atoms with Crippen molar-refractivity contribution in [3.63, 3.8) is 0 Å². The smallest absolute Gasteiger partial charge is 0.256 e. The normalized spacial score (nSPS) is 11.4. The monoisotopic (exact) mass is 444 g/mol. The molecule has 168 valence electrons. The Kier molecular flexibility index (Phi) is 6.43. The van der Waals surface area contributed by atoms with Crippen LogP contribution >= 0.6 is 0 Å². The number of benzene rings is 1. The minimum atomic E-state index is -2.77. The molecule has 0 radical (unpaired) electrons. The van der Waals surface area contributed by atoms with Crippen molar-refractivity contribution in [2.24, 2.45) is 5.84 Å². The number of pyridine rings is 2. The maximum atomic E-state index is 14.9. The van der Waals surface area contributed by atoms with Crippen molar-refractivity contribution < 1.29 is 18.3 Å². The maximum absolute atomic E-state index is 14.9. The van der Waals surface area contributed by atoms with Crippen LogP contribution in [0.15, 0.2) is 36.5 Å². The van der Waals surface area contributed by atoms with Gasteiger partial charge in [0.2, 0.25) is 0 Å². The Bertz CT molecular complexity index is 1200. The van der Waals surface area contributed by atoms with Crippen molar-refractivity contribution in [1.29, 1.82) is 0 Å². The lowest BCUT2D eigenvalue weighted by Crippen LogP contribution is -2.29. The lowest BCUT2D eigenvalue weighted by Gasteiger charge is -2.27. The van der Waals surface area contributed by atoms with Crippen LogP contribution in [-0.2, 0) is 0 Å². The van der Waals surface area contributed by atoms with Crippen molar-refractivity contribution in [3.8, 4) is 11.8 Å². The first-order chi connectivity index (χ1) is 15.0. The first-order valence-corrected chi connectivity index (χ1v) is 9.61. The summed E-state index contributed by atoms with van der Waals surface area (Å²) >= 11 is 0. The summed E-state index contributed by atoms with van der Waals surface area (Å²) in [5.74, 6) is 10.4. The third-order valence-corrected chi connectivity index (χ3v) is 4.44. The van der Waals surface area contributed by atoms with Gasteiger partial charge in [-0.2, -0.15) is 0 Å². The van der Waals surface area contributed by atoms with Crippen molar-refractivity contribution in [2.45, 2.75) is 25.9 Å². The molecular formula is C22H23F3N6O. The molecule has 0 saturated heterocycles. The number of anilines is 4. The summed E-state index contributed by atoms with van der Waals surface area (Å²) in [7, 11) is 1.52. The quantitative estimate of drug-likeness (QED) is 0.315. The standard InChI is InChI=1S/C22H23F3N6O/c1-22(2,32)9-7-13-11-14(8-10-28-13)31(12-17(24)25)21-18-15(5-4-6-16(18)23)19(30(3)27)20(26)29-21/h4-6,8,10-11,17,32H,12,27H2,1-3H3,(H2,26,29). The number of rotatable bonds is 5. The number of aliphatic hydroxyl groups is 1. The highest BCUT2D eigenvalue weighted by molar-refractivity contribution is 6.05. The van der Waals surface area contributed by atoms with Crippen LogP contribution in [-0.4, -0.2) is 40.7 Å². The van der Waals surface area contributed by atoms with E-state index in [2.05, 4.69) is 21.8 Å². The number of nitrogens with zero attached hydrogens (tertiary/aromatic N) is 4. The van der Waals surface area contributed by atoms with Gasteiger partial charge in [-0.05, 0) is 38.0 Å². The highest BCUT2D eigenvalue weighted by Crippen LogP contribution is 2.39. The molecule has 2 aromatic heterocycles. The van der Waals surface area contributed by atoms with Gasteiger partial charge >= 0.3 is 0 Å². The van der Waals surface area contributed by atoms with Crippen LogP contribution in [0, 0.1) is 17.7 Å². The van der Waals surface area contributed by atoms with Gasteiger partial charge < -0.3 is 20.7 Å². The molecule has 0 aliphatic rings. The Morgan fingerprint density at radius 3 is 2.59 bits per heavy atom. The van der Waals surface area contributed by atoms with Gasteiger partial charge in [-0.3, -0.25) is 0 Å². The van der Waals surface area contributed by atoms with Crippen LogP contribution in [0.25, 0.3) is 10.8 Å². The molecule has 0 aliphatic carbocycles. The highest BCUT2D eigenvalue weighted by Gasteiger charge is 2.24. The first-order valence-electron chi connectivity index (χ1n) is 9.61. The number of nitrogen functional groups attached to an aromatic ring is 1. The fourth-order valence-electron chi connectivity index (χ4n) is 3.20. The zero-order valence-electron chi connectivity index (χ0n) is 17.8. The average molecular weight is 444 g/mol. The zero-order chi connectivity index (χ0) is 23.6. The SMILES string of the molecule is CN(N)c1c(N)nc(N(CC(F)F)c2ccnc(C#CC(C)(C)O)c2)c2c(F)cccc12. The number of fused-ring (bicyclic) bond motifs is 1. The molecule has 2 heterocycles. The molecule has 0 saturated carbocycles. The molecule has 5 N–H and O–H groups in total. The highest BCUT2D eigenvalue weighted by atomic mass is 19.3. The van der Waals surface area contributed by atoms with Gasteiger partial charge in [0.15, 0.2) is 5.82 Å². The molecule has 10 heteroatoms. The van der Waals surface area contributed by atoms with Crippen LogP contribution in [0.5, 0.6) is 0 Å². The second-order valence-corrected chi connectivity index (χ2v) is 7.65. The molecule has 7 nitrogen and oxygen atoms in total. The lowest BCUT2D eigenvalue weighted by atomic mass is 10.1. The summed E-state index contributed by atoms with van der Waals surface area (Å²) in [6.07, 6.45) is -1.39. The molecule has 0 unspecified atom stereocenters. The van der Waals surface area contributed by atoms with E-state index in [1.54, 1.807) is 6.07 Å². The van der Waals surface area contributed by atoms with E-state index in [0.717, 1.165) is 4.90 Å². The van der Waals surface area contributed by atoms with Gasteiger partial charge in [-0.25, -0.2) is 29.0 Å². The third-order valence-electron chi connectivity index (χ3n) is 4.44. The Morgan fingerprint density at radius 1 is 1.25 bits per heavy atom. The molecule has 1 aromatic carbocycles. The fourth-order valence-corrected chi connectivity index (χ4v) is 3.20. The lowest BCUT2D eigenvalue weighted by molar-refractivity contribution is 0.143. The van der Waals surface area contributed by atoms with Gasteiger partial charge in [0, 0.05) is 24.3 Å². The van der Waals surface area contributed by atoms with Gasteiger partial charge in [-0.15, -0.1) is 0 Å². The Labute approximate surface area is 183 Å². The Hall–Kier alpha value is -3.55. The van der Waals surface area contributed by atoms with E-state index in [4.69, 9.17) is 11.6 Å². The number of halogens is 3. The number of hydrazine groups is 1. The van der Waals surface area contributed by atoms with Crippen molar-refractivity contribution in [2.75, 3.05) is 29.2 Å². The average Bonchev–Trinajstić information content (AvgIpc) is 2.69. The van der Waals surface area contributed by atoms with E-state index in [1.807, 2.05) is 0 Å². The number of hydrogen-bond acceptors (Lipinski definition) is 7. The maximum Gasteiger partial charge on any atom is 0.256 e. The summed E-state index contributed by atoms with van der Waals surface area (Å²) in [5, 5.41) is 11.3. The summed E-state index contributed by atoms with van der Waals surface area (Å²) in [6.45, 7) is 2.23. The van der Waals surface area contributed by atoms with E-state index < -0.39 is 24.4 Å².